The van der Waals surface area contributed by atoms with Crippen molar-refractivity contribution in [2.45, 2.75) is 6.92 Å². The summed E-state index contributed by atoms with van der Waals surface area (Å²) in [6.45, 7) is 1.97. The lowest BCUT2D eigenvalue weighted by molar-refractivity contribution is -0.380. The number of hydrogen-bond donors (Lipinski definition) is 0. The number of anilines is 1. The zero-order chi connectivity index (χ0) is 25.1. The van der Waals surface area contributed by atoms with Crippen LogP contribution in [0.5, 0.6) is 17.2 Å². The number of benzene rings is 2. The van der Waals surface area contributed by atoms with Crippen LogP contribution in [-0.4, -0.2) is 43.4 Å². The van der Waals surface area contributed by atoms with Crippen LogP contribution in [0.15, 0.2) is 47.6 Å². The van der Waals surface area contributed by atoms with E-state index in [-0.39, 0.29) is 9.88 Å². The first kappa shape index (κ1) is 24.1. The van der Waals surface area contributed by atoms with Gasteiger partial charge in [0.1, 0.15) is 4.88 Å². The number of fused-ring (bicyclic) bond motifs is 1. The van der Waals surface area contributed by atoms with Crippen molar-refractivity contribution in [1.82, 2.24) is 4.98 Å². The largest absolute Gasteiger partial charge is 0.493 e. The van der Waals surface area contributed by atoms with Gasteiger partial charge in [0.05, 0.1) is 42.7 Å². The molecule has 10 nitrogen and oxygen atoms in total. The average molecular weight is 513 g/mol. The van der Waals surface area contributed by atoms with Crippen LogP contribution in [0, 0.1) is 17.0 Å². The molecule has 0 atom stereocenters. The maximum atomic E-state index is 13.4. The van der Waals surface area contributed by atoms with Crippen LogP contribution in [0.4, 0.5) is 10.1 Å². The monoisotopic (exact) mass is 512 g/mol. The summed E-state index contributed by atoms with van der Waals surface area (Å²) in [7, 11) is 4.51. The van der Waals surface area contributed by atoms with E-state index in [9.17, 15) is 14.9 Å². The molecule has 1 amide bonds. The van der Waals surface area contributed by atoms with Crippen molar-refractivity contribution in [3.05, 3.63) is 68.6 Å². The fourth-order valence-corrected chi connectivity index (χ4v) is 5.01. The van der Waals surface area contributed by atoms with Crippen molar-refractivity contribution < 1.29 is 23.9 Å². The van der Waals surface area contributed by atoms with E-state index >= 15 is 0 Å². The van der Waals surface area contributed by atoms with Gasteiger partial charge in [0.2, 0.25) is 10.9 Å². The summed E-state index contributed by atoms with van der Waals surface area (Å²) in [6.07, 6.45) is 1.46. The number of carbonyl (C=O) groups is 1. The minimum atomic E-state index is -0.539. The third-order valence-electron chi connectivity index (χ3n) is 4.90. The number of aryl methyl sites for hydroxylation is 1. The lowest BCUT2D eigenvalue weighted by atomic mass is 10.2. The van der Waals surface area contributed by atoms with Gasteiger partial charge in [-0.25, -0.2) is 4.98 Å². The molecule has 0 saturated heterocycles. The van der Waals surface area contributed by atoms with Crippen molar-refractivity contribution in [3.8, 4) is 17.2 Å². The number of nitro groups is 1. The topological polar surface area (TPSA) is 116 Å². The van der Waals surface area contributed by atoms with Gasteiger partial charge in [-0.2, -0.15) is 10.1 Å². The highest BCUT2D eigenvalue weighted by molar-refractivity contribution is 7.22. The van der Waals surface area contributed by atoms with Gasteiger partial charge >= 0.3 is 5.00 Å². The second-order valence-corrected chi connectivity index (χ2v) is 9.25. The van der Waals surface area contributed by atoms with E-state index in [2.05, 4.69) is 10.1 Å². The number of thiophene rings is 1. The molecule has 2 aromatic heterocycles. The van der Waals surface area contributed by atoms with E-state index in [0.29, 0.717) is 33.5 Å². The number of nitrogens with zero attached hydrogens (tertiary/aromatic N) is 4. The normalized spacial score (nSPS) is 11.1. The number of hydrogen-bond acceptors (Lipinski definition) is 10. The lowest BCUT2D eigenvalue weighted by Gasteiger charge is -2.14. The third-order valence-corrected chi connectivity index (χ3v) is 6.92. The number of aromatic nitrogens is 1. The van der Waals surface area contributed by atoms with Crippen LogP contribution in [0.2, 0.25) is 0 Å². The van der Waals surface area contributed by atoms with E-state index in [0.717, 1.165) is 26.6 Å². The molecule has 0 saturated carbocycles. The Morgan fingerprint density at radius 1 is 1.06 bits per heavy atom. The Bertz CT molecular complexity index is 1420. The van der Waals surface area contributed by atoms with Gasteiger partial charge in [0, 0.05) is 11.6 Å². The van der Waals surface area contributed by atoms with E-state index < -0.39 is 10.8 Å². The summed E-state index contributed by atoms with van der Waals surface area (Å²) >= 11 is 2.07. The summed E-state index contributed by atoms with van der Waals surface area (Å²) < 4.78 is 17.0. The summed E-state index contributed by atoms with van der Waals surface area (Å²) in [4.78, 5) is 28.7. The van der Waals surface area contributed by atoms with Crippen molar-refractivity contribution in [2.75, 3.05) is 26.3 Å². The molecule has 0 aliphatic rings. The summed E-state index contributed by atoms with van der Waals surface area (Å²) in [5.74, 6) is 0.737. The smallest absolute Gasteiger partial charge is 0.324 e. The van der Waals surface area contributed by atoms with E-state index in [1.165, 1.54) is 51.0 Å². The predicted molar refractivity (Wildman–Crippen MR) is 136 cm³/mol. The van der Waals surface area contributed by atoms with Crippen molar-refractivity contribution in [1.29, 1.82) is 0 Å². The zero-order valence-electron chi connectivity index (χ0n) is 19.2. The molecule has 4 rings (SSSR count). The maximum absolute atomic E-state index is 13.4. The molecule has 12 heteroatoms. The molecule has 0 bridgehead atoms. The molecule has 0 N–H and O–H groups in total. The number of thiazole rings is 1. The van der Waals surface area contributed by atoms with Crippen molar-refractivity contribution in [3.63, 3.8) is 0 Å². The van der Waals surface area contributed by atoms with E-state index in [1.807, 2.05) is 25.1 Å². The van der Waals surface area contributed by atoms with Crippen LogP contribution < -0.4 is 19.2 Å². The Hall–Kier alpha value is -4.03. The van der Waals surface area contributed by atoms with Crippen LogP contribution >= 0.6 is 22.7 Å². The Kier molecular flexibility index (Phi) is 6.94. The molecule has 0 radical (unpaired) electrons. The number of rotatable bonds is 8. The standard InChI is InChI=1S/C23H20N4O6S2/c1-13-5-6-15-19(9-13)35-23(25-15)26(22(28)18-7-8-20(34-18)27(29)30)24-12-14-10-16(31-2)21(33-4)17(11-14)32-3/h5-12H,1-4H3/b24-12+. The maximum Gasteiger partial charge on any atom is 0.324 e. The van der Waals surface area contributed by atoms with E-state index in [4.69, 9.17) is 14.2 Å². The molecule has 0 fully saturated rings. The third kappa shape index (κ3) is 4.93. The van der Waals surface area contributed by atoms with Crippen molar-refractivity contribution in [2.24, 2.45) is 5.10 Å². The highest BCUT2D eigenvalue weighted by Gasteiger charge is 2.25. The van der Waals surface area contributed by atoms with Gasteiger partial charge in [-0.1, -0.05) is 28.7 Å². The second-order valence-electron chi connectivity index (χ2n) is 7.18. The number of hydrazone groups is 1. The molecule has 0 aliphatic heterocycles. The summed E-state index contributed by atoms with van der Waals surface area (Å²) in [5.41, 5.74) is 2.35. The number of carbonyl (C=O) groups excluding carboxylic acids is 1. The van der Waals surface area contributed by atoms with Crippen LogP contribution in [-0.2, 0) is 0 Å². The first-order chi connectivity index (χ1) is 16.8. The number of amides is 1. The lowest BCUT2D eigenvalue weighted by Crippen LogP contribution is -2.24. The molecule has 180 valence electrons. The molecule has 0 unspecified atom stereocenters. The van der Waals surface area contributed by atoms with Crippen LogP contribution in [0.25, 0.3) is 10.2 Å². The van der Waals surface area contributed by atoms with Crippen LogP contribution in [0.3, 0.4) is 0 Å². The Labute approximate surface area is 208 Å². The molecule has 2 heterocycles. The second kappa shape index (κ2) is 10.1. The molecule has 0 aliphatic carbocycles. The highest BCUT2D eigenvalue weighted by atomic mass is 32.1. The highest BCUT2D eigenvalue weighted by Crippen LogP contribution is 2.38. The Balaban J connectivity index is 1.78. The number of ether oxygens (including phenoxy) is 3. The minimum absolute atomic E-state index is 0.137. The molecule has 4 aromatic rings. The van der Waals surface area contributed by atoms with Gasteiger partial charge in [-0.3, -0.25) is 14.9 Å². The quantitative estimate of drug-likeness (QED) is 0.179. The van der Waals surface area contributed by atoms with Gasteiger partial charge < -0.3 is 14.2 Å². The first-order valence-electron chi connectivity index (χ1n) is 10.1. The SMILES string of the molecule is COc1cc(/C=N/N(C(=O)c2ccc([N+](=O)[O-])s2)c2nc3ccc(C)cc3s2)cc(OC)c1OC. The van der Waals surface area contributed by atoms with E-state index in [1.54, 1.807) is 12.1 Å². The summed E-state index contributed by atoms with van der Waals surface area (Å²) in [6, 6.07) is 11.8. The average Bonchev–Trinajstić information content (AvgIpc) is 3.50. The first-order valence-corrected chi connectivity index (χ1v) is 11.8. The minimum Gasteiger partial charge on any atom is -0.493 e. The Morgan fingerprint density at radius 2 is 1.77 bits per heavy atom. The summed E-state index contributed by atoms with van der Waals surface area (Å²) in [5, 5.41) is 16.9. The fraction of sp³-hybridized carbons (Fsp3) is 0.174. The molecule has 0 spiro atoms. The molecular weight excluding hydrogens is 492 g/mol. The zero-order valence-corrected chi connectivity index (χ0v) is 20.8. The van der Waals surface area contributed by atoms with Crippen molar-refractivity contribution >= 4 is 55.1 Å². The molecule has 2 aromatic carbocycles. The molecule has 35 heavy (non-hydrogen) atoms. The predicted octanol–water partition coefficient (Wildman–Crippen LogP) is 5.28. The van der Waals surface area contributed by atoms with Gasteiger partial charge in [0.25, 0.3) is 5.91 Å². The number of methoxy groups -OCH3 is 3. The fourth-order valence-electron chi connectivity index (χ4n) is 3.24. The van der Waals surface area contributed by atoms with Crippen LogP contribution in [0.1, 0.15) is 20.8 Å². The van der Waals surface area contributed by atoms with Gasteiger partial charge in [-0.05, 0) is 42.8 Å². The van der Waals surface area contributed by atoms with Gasteiger partial charge in [0.15, 0.2) is 11.5 Å². The Morgan fingerprint density at radius 3 is 2.37 bits per heavy atom. The van der Waals surface area contributed by atoms with Gasteiger partial charge in [-0.15, -0.1) is 0 Å². The molecular formula is C23H20N4O6S2.